The Kier molecular flexibility index (Phi) is 7.05. The number of guanidine groups is 1. The first-order valence-electron chi connectivity index (χ1n) is 9.88. The molecule has 0 aliphatic carbocycles. The molecule has 2 N–H and O–H groups in total. The van der Waals surface area contributed by atoms with Crippen LogP contribution in [0.1, 0.15) is 24.5 Å². The van der Waals surface area contributed by atoms with E-state index in [4.69, 9.17) is 4.74 Å². The van der Waals surface area contributed by atoms with Crippen LogP contribution in [0.2, 0.25) is 0 Å². The Morgan fingerprint density at radius 3 is 2.86 bits per heavy atom. The van der Waals surface area contributed by atoms with Gasteiger partial charge in [0.15, 0.2) is 12.6 Å². The second kappa shape index (κ2) is 9.91. The Bertz CT molecular complexity index is 885. The van der Waals surface area contributed by atoms with Crippen LogP contribution in [0.4, 0.5) is 10.1 Å². The molecular weight excluding hydrogens is 371 g/mol. The van der Waals surface area contributed by atoms with Crippen LogP contribution in [0.25, 0.3) is 0 Å². The summed E-state index contributed by atoms with van der Waals surface area (Å²) < 4.78 is 18.9. The zero-order chi connectivity index (χ0) is 20.6. The number of carbonyl (C=O) groups excluding carboxylic acids is 1. The van der Waals surface area contributed by atoms with Gasteiger partial charge in [0, 0.05) is 19.6 Å². The number of halogens is 1. The largest absolute Gasteiger partial charge is 0.482 e. The average molecular weight is 398 g/mol. The molecule has 0 saturated heterocycles. The molecule has 154 valence electrons. The molecule has 3 rings (SSSR count). The Labute approximate surface area is 170 Å². The molecule has 6 nitrogen and oxygen atoms in total. The van der Waals surface area contributed by atoms with E-state index in [-0.39, 0.29) is 18.3 Å². The number of nitrogens with one attached hydrogen (secondary N) is 2. The summed E-state index contributed by atoms with van der Waals surface area (Å²) in [6.45, 7) is 6.30. The van der Waals surface area contributed by atoms with E-state index in [9.17, 15) is 9.18 Å². The van der Waals surface area contributed by atoms with Crippen LogP contribution < -0.4 is 20.3 Å². The highest BCUT2D eigenvalue weighted by Gasteiger charge is 2.24. The number of hydrogen-bond donors (Lipinski definition) is 2. The van der Waals surface area contributed by atoms with Gasteiger partial charge < -0.3 is 20.3 Å². The molecule has 1 amide bonds. The maximum Gasteiger partial charge on any atom is 0.265 e. The summed E-state index contributed by atoms with van der Waals surface area (Å²) in [6, 6.07) is 12.6. The van der Waals surface area contributed by atoms with Crippen LogP contribution in [0.15, 0.2) is 47.5 Å². The van der Waals surface area contributed by atoms with Crippen molar-refractivity contribution in [1.82, 2.24) is 10.6 Å². The SMILES string of the molecule is CCNC(=NCc1ccc(F)c(C)c1)NCCCN1C(=O)COc2ccccc21. The topological polar surface area (TPSA) is 66.0 Å². The second-order valence-electron chi connectivity index (χ2n) is 6.86. The Morgan fingerprint density at radius 2 is 2.07 bits per heavy atom. The molecule has 1 aliphatic heterocycles. The van der Waals surface area contributed by atoms with E-state index in [0.29, 0.717) is 31.2 Å². The normalized spacial score (nSPS) is 13.7. The molecule has 2 aromatic rings. The highest BCUT2D eigenvalue weighted by molar-refractivity contribution is 5.97. The lowest BCUT2D eigenvalue weighted by Crippen LogP contribution is -2.42. The quantitative estimate of drug-likeness (QED) is 0.428. The smallest absolute Gasteiger partial charge is 0.265 e. The van der Waals surface area contributed by atoms with Gasteiger partial charge in [-0.1, -0.05) is 24.3 Å². The fourth-order valence-electron chi connectivity index (χ4n) is 3.16. The predicted molar refractivity (Wildman–Crippen MR) is 113 cm³/mol. The van der Waals surface area contributed by atoms with Crippen molar-refractivity contribution in [2.75, 3.05) is 31.1 Å². The van der Waals surface area contributed by atoms with E-state index in [1.807, 2.05) is 37.3 Å². The van der Waals surface area contributed by atoms with Crippen molar-refractivity contribution < 1.29 is 13.9 Å². The van der Waals surface area contributed by atoms with Crippen LogP contribution in [-0.2, 0) is 11.3 Å². The molecule has 0 saturated carbocycles. The first kappa shape index (κ1) is 20.6. The van der Waals surface area contributed by atoms with Crippen LogP contribution in [0.3, 0.4) is 0 Å². The van der Waals surface area contributed by atoms with Crippen molar-refractivity contribution in [2.24, 2.45) is 4.99 Å². The fourth-order valence-corrected chi connectivity index (χ4v) is 3.16. The molecule has 0 bridgehead atoms. The number of fused-ring (bicyclic) bond motifs is 1. The highest BCUT2D eigenvalue weighted by atomic mass is 19.1. The number of benzene rings is 2. The molecule has 1 aliphatic rings. The van der Waals surface area contributed by atoms with E-state index in [1.165, 1.54) is 6.07 Å². The molecule has 7 heteroatoms. The minimum absolute atomic E-state index is 0.0315. The molecule has 29 heavy (non-hydrogen) atoms. The Morgan fingerprint density at radius 1 is 1.24 bits per heavy atom. The Balaban J connectivity index is 1.53. The van der Waals surface area contributed by atoms with Crippen molar-refractivity contribution in [1.29, 1.82) is 0 Å². The summed E-state index contributed by atoms with van der Waals surface area (Å²) in [7, 11) is 0. The van der Waals surface area contributed by atoms with Gasteiger partial charge in [0.25, 0.3) is 5.91 Å². The number of anilines is 1. The van der Waals surface area contributed by atoms with Crippen molar-refractivity contribution in [3.8, 4) is 5.75 Å². The fraction of sp³-hybridized carbons (Fsp3) is 0.364. The standard InChI is InChI=1S/C22H27FN4O2/c1-3-24-22(26-14-17-9-10-18(23)16(2)13-17)25-11-6-12-27-19-7-4-5-8-20(19)29-15-21(27)28/h4-5,7-10,13H,3,6,11-12,14-15H2,1-2H3,(H2,24,25,26). The number of para-hydroxylation sites is 2. The Hall–Kier alpha value is -3.09. The first-order chi connectivity index (χ1) is 14.1. The molecule has 1 heterocycles. The molecule has 0 radical (unpaired) electrons. The van der Waals surface area contributed by atoms with Gasteiger partial charge in [-0.05, 0) is 49.6 Å². The summed E-state index contributed by atoms with van der Waals surface area (Å²) in [5, 5.41) is 6.50. The molecule has 0 atom stereocenters. The third-order valence-corrected chi connectivity index (χ3v) is 4.65. The van der Waals surface area contributed by atoms with E-state index in [0.717, 1.165) is 30.0 Å². The molecule has 2 aromatic carbocycles. The number of aliphatic imine (C=N–C) groups is 1. The number of nitrogens with zero attached hydrogens (tertiary/aromatic N) is 2. The van der Waals surface area contributed by atoms with E-state index >= 15 is 0 Å². The van der Waals surface area contributed by atoms with E-state index in [2.05, 4.69) is 15.6 Å². The van der Waals surface area contributed by atoms with Gasteiger partial charge in [0.05, 0.1) is 12.2 Å². The number of rotatable bonds is 7. The van der Waals surface area contributed by atoms with Gasteiger partial charge in [-0.2, -0.15) is 0 Å². The maximum absolute atomic E-state index is 13.4. The van der Waals surface area contributed by atoms with Gasteiger partial charge >= 0.3 is 0 Å². The van der Waals surface area contributed by atoms with Crippen molar-refractivity contribution in [3.05, 3.63) is 59.4 Å². The third-order valence-electron chi connectivity index (χ3n) is 4.65. The van der Waals surface area contributed by atoms with Crippen molar-refractivity contribution >= 4 is 17.6 Å². The summed E-state index contributed by atoms with van der Waals surface area (Å²) in [5.74, 6) is 1.20. The summed E-state index contributed by atoms with van der Waals surface area (Å²) in [4.78, 5) is 18.5. The summed E-state index contributed by atoms with van der Waals surface area (Å²) >= 11 is 0. The number of amides is 1. The monoisotopic (exact) mass is 398 g/mol. The van der Waals surface area contributed by atoms with Gasteiger partial charge in [-0.15, -0.1) is 0 Å². The van der Waals surface area contributed by atoms with Gasteiger partial charge in [0.2, 0.25) is 0 Å². The van der Waals surface area contributed by atoms with Gasteiger partial charge in [0.1, 0.15) is 11.6 Å². The van der Waals surface area contributed by atoms with Crippen molar-refractivity contribution in [2.45, 2.75) is 26.8 Å². The molecule has 0 aromatic heterocycles. The second-order valence-corrected chi connectivity index (χ2v) is 6.86. The highest BCUT2D eigenvalue weighted by Crippen LogP contribution is 2.31. The minimum Gasteiger partial charge on any atom is -0.482 e. The average Bonchev–Trinajstić information content (AvgIpc) is 2.73. The third kappa shape index (κ3) is 5.47. The van der Waals surface area contributed by atoms with Crippen LogP contribution in [0, 0.1) is 12.7 Å². The lowest BCUT2D eigenvalue weighted by atomic mass is 10.1. The number of hydrogen-bond acceptors (Lipinski definition) is 3. The van der Waals surface area contributed by atoms with Crippen LogP contribution in [0.5, 0.6) is 5.75 Å². The van der Waals surface area contributed by atoms with Crippen LogP contribution >= 0.6 is 0 Å². The zero-order valence-electron chi connectivity index (χ0n) is 16.9. The van der Waals surface area contributed by atoms with Crippen LogP contribution in [-0.4, -0.2) is 38.1 Å². The molecule has 0 spiro atoms. The summed E-state index contributed by atoms with van der Waals surface area (Å²) in [5.41, 5.74) is 2.39. The van der Waals surface area contributed by atoms with E-state index < -0.39 is 0 Å². The minimum atomic E-state index is -0.206. The molecule has 0 fully saturated rings. The molecular formula is C22H27FN4O2. The lowest BCUT2D eigenvalue weighted by molar-refractivity contribution is -0.121. The van der Waals surface area contributed by atoms with E-state index in [1.54, 1.807) is 17.9 Å². The van der Waals surface area contributed by atoms with Gasteiger partial charge in [-0.3, -0.25) is 4.79 Å². The molecule has 0 unspecified atom stereocenters. The summed E-state index contributed by atoms with van der Waals surface area (Å²) in [6.07, 6.45) is 0.764. The van der Waals surface area contributed by atoms with Crippen molar-refractivity contribution in [3.63, 3.8) is 0 Å². The predicted octanol–water partition coefficient (Wildman–Crippen LogP) is 3.00. The number of carbonyl (C=O) groups is 1. The first-order valence-corrected chi connectivity index (χ1v) is 9.88. The van der Waals surface area contributed by atoms with Gasteiger partial charge in [-0.25, -0.2) is 9.38 Å². The maximum atomic E-state index is 13.4. The lowest BCUT2D eigenvalue weighted by Gasteiger charge is -2.29. The zero-order valence-corrected chi connectivity index (χ0v) is 16.9. The number of aryl methyl sites for hydroxylation is 1. The number of ether oxygens (including phenoxy) is 1.